The molecule has 6 aromatic rings. The first-order valence-electron chi connectivity index (χ1n) is 25.8. The van der Waals surface area contributed by atoms with E-state index in [-0.39, 0.29) is 47.9 Å². The van der Waals surface area contributed by atoms with Crippen LogP contribution in [0.2, 0.25) is 0 Å². The highest BCUT2D eigenvalue weighted by Crippen LogP contribution is 2.31. The summed E-state index contributed by atoms with van der Waals surface area (Å²) in [6.45, 7) is 10.8. The molecule has 18 nitrogen and oxygen atoms in total. The molecule has 0 bridgehead atoms. The minimum Gasteiger partial charge on any atom is -0.391 e. The highest BCUT2D eigenvalue weighted by molar-refractivity contribution is 7.90. The van der Waals surface area contributed by atoms with Crippen molar-refractivity contribution in [1.82, 2.24) is 40.0 Å². The Hall–Kier alpha value is -6.74. The standard InChI is InChI=1S/C55H69N11O7S2/c1-37-50(74-35-57-37)39-17-21-40(22-18-39)58-52(70)46-32-43(67)33-65(46)53(71)51(55(2,3)4)61-48(68)16-11-9-7-6-8-10-12-29-56-49(69)34-63-30-31-64(36-63)42-25-23-41(24-26-42)59-54-60-47-15-13-14-45(66(47)62-54)38-19-27-44(28-20-38)75(5,72)73/h13-15,17-28,35,43,46,51,67H,6-12,16,29-34,36H2,1-5H3,(H,56,69)(H,58,70)(H,59,62)(H,61,68)/t43?,46-,51?/m1/s1. The normalized spacial score (nSPS) is 16.6. The Kier molecular flexibility index (Phi) is 17.7. The number of β-amino-alcohol motifs (C(OH)–C–C–N with tert-alkyl or cyclic N) is 1. The van der Waals surface area contributed by atoms with E-state index in [0.29, 0.717) is 43.5 Å². The third-order valence-corrected chi connectivity index (χ3v) is 15.8. The molecule has 5 heterocycles. The second-order valence-corrected chi connectivity index (χ2v) is 23.6. The number of hydrogen-bond acceptors (Lipinski definition) is 14. The molecule has 0 saturated carbocycles. The fraction of sp³-hybridized carbons (Fsp3) is 0.436. The zero-order valence-corrected chi connectivity index (χ0v) is 45.1. The number of unbranched alkanes of at least 4 members (excludes halogenated alkanes) is 6. The van der Waals surface area contributed by atoms with Crippen molar-refractivity contribution in [3.8, 4) is 21.7 Å². The number of nitrogens with zero attached hydrogens (tertiary/aromatic N) is 7. The number of sulfone groups is 1. The van der Waals surface area contributed by atoms with Crippen LogP contribution in [0.15, 0.2) is 101 Å². The molecular weight excluding hydrogens is 991 g/mol. The van der Waals surface area contributed by atoms with Gasteiger partial charge < -0.3 is 36.2 Å². The molecule has 0 aliphatic carbocycles. The number of carbonyl (C=O) groups excluding carboxylic acids is 4. The van der Waals surface area contributed by atoms with E-state index in [1.54, 1.807) is 45.6 Å². The number of aryl methyl sites for hydroxylation is 1. The number of amides is 4. The van der Waals surface area contributed by atoms with Crippen LogP contribution in [0, 0.1) is 12.3 Å². The molecule has 20 heteroatoms. The predicted molar refractivity (Wildman–Crippen MR) is 293 cm³/mol. The lowest BCUT2D eigenvalue weighted by atomic mass is 9.85. The minimum atomic E-state index is -3.30. The smallest absolute Gasteiger partial charge is 0.247 e. The van der Waals surface area contributed by atoms with Crippen LogP contribution in [-0.4, -0.2) is 130 Å². The first-order valence-corrected chi connectivity index (χ1v) is 28.5. The molecule has 2 fully saturated rings. The number of aliphatic hydroxyl groups is 1. The number of rotatable bonds is 22. The maximum absolute atomic E-state index is 14.0. The van der Waals surface area contributed by atoms with Gasteiger partial charge in [-0.05, 0) is 91.4 Å². The Balaban J connectivity index is 0.683. The van der Waals surface area contributed by atoms with Crippen LogP contribution in [0.4, 0.5) is 23.0 Å². The van der Waals surface area contributed by atoms with E-state index < -0.39 is 33.4 Å². The van der Waals surface area contributed by atoms with Crippen molar-refractivity contribution >= 4 is 73.5 Å². The molecule has 2 unspecified atom stereocenters. The number of thiazole rings is 1. The van der Waals surface area contributed by atoms with Crippen molar-refractivity contribution < 1.29 is 32.7 Å². The largest absolute Gasteiger partial charge is 0.391 e. The van der Waals surface area contributed by atoms with E-state index in [4.69, 9.17) is 0 Å². The van der Waals surface area contributed by atoms with Crippen molar-refractivity contribution in [3.05, 3.63) is 102 Å². The Bertz CT molecular complexity index is 3050. The molecule has 3 atom stereocenters. The summed E-state index contributed by atoms with van der Waals surface area (Å²) in [6, 6.07) is 26.1. The number of likely N-dealkylation sites (tertiary alicyclic amines) is 1. The monoisotopic (exact) mass is 1060 g/mol. The number of nitrogens with one attached hydrogen (secondary N) is 4. The minimum absolute atomic E-state index is 0.0116. The summed E-state index contributed by atoms with van der Waals surface area (Å²) in [7, 11) is -3.30. The highest BCUT2D eigenvalue weighted by Gasteiger charge is 2.44. The van der Waals surface area contributed by atoms with Crippen LogP contribution in [-0.2, 0) is 29.0 Å². The summed E-state index contributed by atoms with van der Waals surface area (Å²) in [4.78, 5) is 69.7. The van der Waals surface area contributed by atoms with Crippen LogP contribution in [0.25, 0.3) is 27.3 Å². The molecule has 2 saturated heterocycles. The number of aliphatic hydroxyl groups excluding tert-OH is 1. The Labute approximate surface area is 443 Å². The highest BCUT2D eigenvalue weighted by atomic mass is 32.2. The SMILES string of the molecule is Cc1ncsc1-c1ccc(NC(=O)[C@H]2CC(O)CN2C(=O)C(NC(=O)CCCCCCCCCNC(=O)CN2CCN(c3ccc(Nc4nc5cccc(-c6ccc(S(C)(=O)=O)cc6)n5n4)cc3)C2)C(C)(C)C)cc1. The summed E-state index contributed by atoms with van der Waals surface area (Å²) in [5, 5.41) is 27.5. The number of hydrogen-bond donors (Lipinski definition) is 5. The predicted octanol–water partition coefficient (Wildman–Crippen LogP) is 7.42. The third kappa shape index (κ3) is 14.4. The summed E-state index contributed by atoms with van der Waals surface area (Å²) >= 11 is 1.55. The number of anilines is 4. The van der Waals surface area contributed by atoms with Crippen LogP contribution in [0.5, 0.6) is 0 Å². The fourth-order valence-corrected chi connectivity index (χ4v) is 11.0. The molecule has 398 valence electrons. The van der Waals surface area contributed by atoms with E-state index in [1.165, 1.54) is 11.2 Å². The van der Waals surface area contributed by atoms with Gasteiger partial charge in [-0.1, -0.05) is 83.2 Å². The topological polar surface area (TPSA) is 224 Å². The zero-order chi connectivity index (χ0) is 53.3. The lowest BCUT2D eigenvalue weighted by molar-refractivity contribution is -0.143. The van der Waals surface area contributed by atoms with Crippen LogP contribution in [0.3, 0.4) is 0 Å². The van der Waals surface area contributed by atoms with Crippen molar-refractivity contribution in [1.29, 1.82) is 0 Å². The Morgan fingerprint density at radius 1 is 0.827 bits per heavy atom. The molecule has 3 aromatic heterocycles. The van der Waals surface area contributed by atoms with Crippen molar-refractivity contribution in [2.24, 2.45) is 5.41 Å². The van der Waals surface area contributed by atoms with Gasteiger partial charge >= 0.3 is 0 Å². The van der Waals surface area contributed by atoms with Crippen molar-refractivity contribution in [2.75, 3.05) is 61.2 Å². The molecule has 2 aliphatic rings. The van der Waals surface area contributed by atoms with Gasteiger partial charge in [0, 0.05) is 67.9 Å². The molecule has 8 rings (SSSR count). The molecule has 4 amide bonds. The van der Waals surface area contributed by atoms with Crippen LogP contribution < -0.4 is 26.2 Å². The lowest BCUT2D eigenvalue weighted by Gasteiger charge is -2.35. The van der Waals surface area contributed by atoms with Gasteiger partial charge in [-0.3, -0.25) is 24.1 Å². The summed E-state index contributed by atoms with van der Waals surface area (Å²) in [6.07, 6.45) is 7.25. The molecule has 3 aromatic carbocycles. The van der Waals surface area contributed by atoms with E-state index in [0.717, 1.165) is 90.4 Å². The van der Waals surface area contributed by atoms with E-state index in [1.807, 2.05) is 94.4 Å². The number of benzene rings is 3. The van der Waals surface area contributed by atoms with Gasteiger partial charge in [-0.2, -0.15) is 4.98 Å². The molecular formula is C55H69N11O7S2. The first kappa shape index (κ1) is 54.5. The quantitative estimate of drug-likeness (QED) is 0.0418. The van der Waals surface area contributed by atoms with Gasteiger partial charge in [-0.25, -0.2) is 17.9 Å². The maximum atomic E-state index is 14.0. The van der Waals surface area contributed by atoms with Gasteiger partial charge in [-0.15, -0.1) is 16.4 Å². The number of aromatic nitrogens is 4. The fourth-order valence-electron chi connectivity index (χ4n) is 9.56. The maximum Gasteiger partial charge on any atom is 0.247 e. The Morgan fingerprint density at radius 3 is 2.19 bits per heavy atom. The average molecular weight is 1060 g/mol. The summed E-state index contributed by atoms with van der Waals surface area (Å²) in [5.41, 5.74) is 7.81. The van der Waals surface area contributed by atoms with Crippen molar-refractivity contribution in [2.45, 2.75) is 109 Å². The molecule has 75 heavy (non-hydrogen) atoms. The second-order valence-electron chi connectivity index (χ2n) is 20.7. The van der Waals surface area contributed by atoms with Crippen LogP contribution in [0.1, 0.15) is 84.3 Å². The zero-order valence-electron chi connectivity index (χ0n) is 43.4. The molecule has 2 aliphatic heterocycles. The van der Waals surface area contributed by atoms with E-state index in [9.17, 15) is 32.7 Å². The number of carbonyl (C=O) groups is 4. The second kappa shape index (κ2) is 24.3. The summed E-state index contributed by atoms with van der Waals surface area (Å²) < 4.78 is 25.6. The molecule has 0 spiro atoms. The van der Waals surface area contributed by atoms with Crippen molar-refractivity contribution in [3.63, 3.8) is 0 Å². The van der Waals surface area contributed by atoms with E-state index in [2.05, 4.69) is 46.1 Å². The van der Waals surface area contributed by atoms with E-state index >= 15 is 0 Å². The number of pyridine rings is 1. The molecule has 5 N–H and O–H groups in total. The third-order valence-electron chi connectivity index (χ3n) is 13.7. The average Bonchev–Trinajstić information content (AvgIpc) is 4.21. The first-order chi connectivity index (χ1) is 35.9. The van der Waals surface area contributed by atoms with Gasteiger partial charge in [0.05, 0.1) is 46.0 Å². The van der Waals surface area contributed by atoms with Gasteiger partial charge in [0.2, 0.25) is 29.6 Å². The lowest BCUT2D eigenvalue weighted by Crippen LogP contribution is -2.57. The van der Waals surface area contributed by atoms with Gasteiger partial charge in [0.1, 0.15) is 12.1 Å². The van der Waals surface area contributed by atoms with Gasteiger partial charge in [0.15, 0.2) is 15.5 Å². The summed E-state index contributed by atoms with van der Waals surface area (Å²) in [5.74, 6) is -0.531. The van der Waals surface area contributed by atoms with Crippen LogP contribution >= 0.6 is 11.3 Å². The molecule has 0 radical (unpaired) electrons. The van der Waals surface area contributed by atoms with Gasteiger partial charge in [0.25, 0.3) is 0 Å². The Morgan fingerprint density at radius 2 is 1.51 bits per heavy atom. The number of fused-ring (bicyclic) bond motifs is 1.